The van der Waals surface area contributed by atoms with Crippen molar-refractivity contribution >= 4 is 29.6 Å². The molecule has 1 aromatic rings. The molecule has 0 saturated heterocycles. The molecule has 21 heavy (non-hydrogen) atoms. The highest BCUT2D eigenvalue weighted by Crippen LogP contribution is 2.22. The van der Waals surface area contributed by atoms with Crippen LogP contribution in [0.25, 0.3) is 0 Å². The summed E-state index contributed by atoms with van der Waals surface area (Å²) in [4.78, 5) is 32.7. The van der Waals surface area contributed by atoms with Gasteiger partial charge in [-0.15, -0.1) is 11.8 Å². The van der Waals surface area contributed by atoms with Crippen molar-refractivity contribution < 1.29 is 33.4 Å². The maximum absolute atomic E-state index is 13.3. The monoisotopic (exact) mass is 319 g/mol. The molecule has 1 atom stereocenters. The Labute approximate surface area is 122 Å². The normalized spacial score (nSPS) is 11.7. The molecular weight excluding hydrogens is 308 g/mol. The zero-order chi connectivity index (χ0) is 16.0. The molecule has 0 saturated carbocycles. The lowest BCUT2D eigenvalue weighted by atomic mass is 10.2. The molecular formula is C12H11F2NO5S. The van der Waals surface area contributed by atoms with Gasteiger partial charge in [0, 0.05) is 11.0 Å². The van der Waals surface area contributed by atoms with E-state index in [1.165, 1.54) is 0 Å². The van der Waals surface area contributed by atoms with E-state index in [-0.39, 0.29) is 10.6 Å². The molecule has 114 valence electrons. The summed E-state index contributed by atoms with van der Waals surface area (Å²) in [7, 11) is 0. The van der Waals surface area contributed by atoms with Crippen molar-refractivity contribution in [2.75, 3.05) is 5.75 Å². The number of rotatable bonds is 7. The molecule has 9 heteroatoms. The highest BCUT2D eigenvalue weighted by atomic mass is 32.2. The number of carboxylic acids is 2. The first kappa shape index (κ1) is 16.9. The van der Waals surface area contributed by atoms with Crippen LogP contribution in [0.15, 0.2) is 23.1 Å². The molecule has 6 nitrogen and oxygen atoms in total. The largest absolute Gasteiger partial charge is 0.481 e. The minimum atomic E-state index is -1.56. The van der Waals surface area contributed by atoms with E-state index in [1.54, 1.807) is 0 Å². The number of nitrogens with one attached hydrogen (secondary N) is 1. The fourth-order valence-electron chi connectivity index (χ4n) is 1.35. The third-order valence-electron chi connectivity index (χ3n) is 2.26. The maximum atomic E-state index is 13.3. The van der Waals surface area contributed by atoms with E-state index in [1.807, 2.05) is 5.32 Å². The van der Waals surface area contributed by atoms with Crippen LogP contribution >= 0.6 is 11.8 Å². The Balaban J connectivity index is 2.56. The molecule has 0 fully saturated rings. The molecule has 1 rings (SSSR count). The fourth-order valence-corrected chi connectivity index (χ4v) is 2.08. The van der Waals surface area contributed by atoms with Crippen molar-refractivity contribution in [2.45, 2.75) is 17.4 Å². The van der Waals surface area contributed by atoms with Gasteiger partial charge in [0.15, 0.2) is 0 Å². The number of hydrogen-bond acceptors (Lipinski definition) is 4. The first-order valence-corrected chi connectivity index (χ1v) is 6.60. The first-order chi connectivity index (χ1) is 9.79. The van der Waals surface area contributed by atoms with Crippen molar-refractivity contribution in [3.8, 4) is 0 Å². The van der Waals surface area contributed by atoms with Crippen LogP contribution in [0.4, 0.5) is 8.78 Å². The Morgan fingerprint density at radius 2 is 1.90 bits per heavy atom. The van der Waals surface area contributed by atoms with E-state index in [4.69, 9.17) is 10.2 Å². The summed E-state index contributed by atoms with van der Waals surface area (Å²) in [5.41, 5.74) is 0. The van der Waals surface area contributed by atoms with Crippen LogP contribution in [0.5, 0.6) is 0 Å². The molecule has 0 heterocycles. The first-order valence-electron chi connectivity index (χ1n) is 5.61. The van der Waals surface area contributed by atoms with Gasteiger partial charge in [-0.05, 0) is 12.1 Å². The van der Waals surface area contributed by atoms with Crippen LogP contribution in [0.1, 0.15) is 6.42 Å². The van der Waals surface area contributed by atoms with Gasteiger partial charge < -0.3 is 15.5 Å². The molecule has 0 bridgehead atoms. The van der Waals surface area contributed by atoms with Gasteiger partial charge in [-0.3, -0.25) is 9.59 Å². The van der Waals surface area contributed by atoms with Gasteiger partial charge in [0.2, 0.25) is 5.91 Å². The lowest BCUT2D eigenvalue weighted by Crippen LogP contribution is -2.43. The second-order valence-electron chi connectivity index (χ2n) is 3.92. The molecule has 0 aliphatic rings. The topological polar surface area (TPSA) is 104 Å². The van der Waals surface area contributed by atoms with E-state index < -0.39 is 41.9 Å². The number of carboxylic acid groups (broad SMARTS) is 2. The predicted molar refractivity (Wildman–Crippen MR) is 68.9 cm³/mol. The summed E-state index contributed by atoms with van der Waals surface area (Å²) >= 11 is 0.742. The second kappa shape index (κ2) is 7.58. The number of carbonyl (C=O) groups is 3. The van der Waals surface area contributed by atoms with Gasteiger partial charge in [0.05, 0.1) is 12.2 Å². The van der Waals surface area contributed by atoms with Crippen LogP contribution in [0, 0.1) is 11.6 Å². The van der Waals surface area contributed by atoms with E-state index >= 15 is 0 Å². The van der Waals surface area contributed by atoms with Gasteiger partial charge in [-0.2, -0.15) is 0 Å². The molecule has 0 unspecified atom stereocenters. The van der Waals surface area contributed by atoms with Crippen molar-refractivity contribution in [1.82, 2.24) is 5.32 Å². The van der Waals surface area contributed by atoms with E-state index in [0.717, 1.165) is 23.9 Å². The van der Waals surface area contributed by atoms with Gasteiger partial charge >= 0.3 is 11.9 Å². The fraction of sp³-hybridized carbons (Fsp3) is 0.250. The smallest absolute Gasteiger partial charge is 0.326 e. The minimum Gasteiger partial charge on any atom is -0.481 e. The van der Waals surface area contributed by atoms with Crippen LogP contribution in [-0.4, -0.2) is 39.9 Å². The Kier molecular flexibility index (Phi) is 6.10. The Hall–Kier alpha value is -2.16. The summed E-state index contributed by atoms with van der Waals surface area (Å²) in [6.45, 7) is 0. The average molecular weight is 319 g/mol. The van der Waals surface area contributed by atoms with Crippen molar-refractivity contribution in [3.63, 3.8) is 0 Å². The van der Waals surface area contributed by atoms with Gasteiger partial charge in [-0.1, -0.05) is 0 Å². The zero-order valence-corrected chi connectivity index (χ0v) is 11.3. The molecule has 1 aromatic carbocycles. The number of carbonyl (C=O) groups excluding carboxylic acids is 1. The zero-order valence-electron chi connectivity index (χ0n) is 10.5. The number of thioether (sulfide) groups is 1. The maximum Gasteiger partial charge on any atom is 0.326 e. The lowest BCUT2D eigenvalue weighted by molar-refractivity contribution is -0.147. The van der Waals surface area contributed by atoms with E-state index in [2.05, 4.69) is 0 Å². The van der Waals surface area contributed by atoms with Gasteiger partial charge in [0.1, 0.15) is 17.7 Å². The Morgan fingerprint density at radius 1 is 1.24 bits per heavy atom. The molecule has 0 radical (unpaired) electrons. The third kappa shape index (κ3) is 5.78. The Bertz CT molecular complexity index is 567. The van der Waals surface area contributed by atoms with Crippen molar-refractivity contribution in [2.24, 2.45) is 0 Å². The summed E-state index contributed by atoms with van der Waals surface area (Å²) < 4.78 is 26.0. The predicted octanol–water partition coefficient (Wildman–Crippen LogP) is 1.10. The van der Waals surface area contributed by atoms with Crippen LogP contribution in [0.3, 0.4) is 0 Å². The average Bonchev–Trinajstić information content (AvgIpc) is 2.36. The molecule has 1 amide bonds. The number of benzene rings is 1. The molecule has 0 aliphatic carbocycles. The number of hydrogen-bond donors (Lipinski definition) is 3. The van der Waals surface area contributed by atoms with Crippen LogP contribution in [0.2, 0.25) is 0 Å². The van der Waals surface area contributed by atoms with Crippen molar-refractivity contribution in [1.29, 1.82) is 0 Å². The van der Waals surface area contributed by atoms with Crippen LogP contribution in [-0.2, 0) is 14.4 Å². The molecule has 0 aliphatic heterocycles. The lowest BCUT2D eigenvalue weighted by Gasteiger charge is -2.12. The number of halogens is 2. The quantitative estimate of drug-likeness (QED) is 0.650. The van der Waals surface area contributed by atoms with E-state index in [0.29, 0.717) is 6.07 Å². The molecule has 0 spiro atoms. The Morgan fingerprint density at radius 3 is 2.43 bits per heavy atom. The molecule has 3 N–H and O–H groups in total. The highest BCUT2D eigenvalue weighted by molar-refractivity contribution is 8.00. The standard InChI is InChI=1S/C12H11F2NO5S/c13-6-1-2-9(7(14)3-6)21-5-10(16)15-8(12(19)20)4-11(17)18/h1-3,8H,4-5H2,(H,15,16)(H,17,18)(H,19,20)/t8-/m1/s1. The van der Waals surface area contributed by atoms with Crippen molar-refractivity contribution in [3.05, 3.63) is 29.8 Å². The summed E-state index contributed by atoms with van der Waals surface area (Å²) in [5, 5.41) is 19.3. The third-order valence-corrected chi connectivity index (χ3v) is 3.31. The minimum absolute atomic E-state index is 0.0247. The highest BCUT2D eigenvalue weighted by Gasteiger charge is 2.23. The van der Waals surface area contributed by atoms with Gasteiger partial charge in [0.25, 0.3) is 0 Å². The van der Waals surface area contributed by atoms with E-state index in [9.17, 15) is 23.2 Å². The SMILES string of the molecule is O=C(O)C[C@@H](NC(=O)CSc1ccc(F)cc1F)C(=O)O. The van der Waals surface area contributed by atoms with Crippen LogP contribution < -0.4 is 5.32 Å². The number of amides is 1. The summed E-state index contributed by atoms with van der Waals surface area (Å²) in [6, 6.07) is 1.27. The van der Waals surface area contributed by atoms with Gasteiger partial charge in [-0.25, -0.2) is 13.6 Å². The number of aliphatic carboxylic acids is 2. The molecule has 0 aromatic heterocycles. The summed E-state index contributed by atoms with van der Waals surface area (Å²) in [5.74, 6) is -5.55. The summed E-state index contributed by atoms with van der Waals surface area (Å²) in [6.07, 6.45) is -0.767. The second-order valence-corrected chi connectivity index (χ2v) is 4.94.